The molecule has 2 aromatic heterocycles. The van der Waals surface area contributed by atoms with Crippen LogP contribution in [0, 0.1) is 13.8 Å². The number of carbonyl (C=O) groups is 1. The molecule has 0 unspecified atom stereocenters. The maximum absolute atomic E-state index is 12.6. The minimum Gasteiger partial charge on any atom is -0.471 e. The van der Waals surface area contributed by atoms with Crippen LogP contribution < -0.4 is 10.1 Å². The summed E-state index contributed by atoms with van der Waals surface area (Å²) in [6.45, 7) is 4.49. The van der Waals surface area contributed by atoms with Crippen LogP contribution in [-0.4, -0.2) is 25.5 Å². The Hall–Kier alpha value is -3.00. The zero-order chi connectivity index (χ0) is 23.5. The number of benzene rings is 2. The molecule has 7 nitrogen and oxygen atoms in total. The zero-order valence-corrected chi connectivity index (χ0v) is 20.1. The molecular formula is C23H20Cl3N5O2. The van der Waals surface area contributed by atoms with Gasteiger partial charge < -0.3 is 10.1 Å². The quantitative estimate of drug-likeness (QED) is 0.335. The van der Waals surface area contributed by atoms with Crippen molar-refractivity contribution < 1.29 is 9.53 Å². The first-order chi connectivity index (χ1) is 15.8. The van der Waals surface area contributed by atoms with E-state index >= 15 is 0 Å². The van der Waals surface area contributed by atoms with Gasteiger partial charge in [0.1, 0.15) is 10.8 Å². The van der Waals surface area contributed by atoms with Crippen LogP contribution in [0.1, 0.15) is 27.2 Å². The van der Waals surface area contributed by atoms with E-state index in [1.807, 2.05) is 26.0 Å². The van der Waals surface area contributed by atoms with E-state index in [2.05, 4.69) is 21.6 Å². The number of rotatable bonds is 7. The highest BCUT2D eigenvalue weighted by Crippen LogP contribution is 2.27. The minimum atomic E-state index is -0.442. The summed E-state index contributed by atoms with van der Waals surface area (Å²) in [5.74, 6) is 0.513. The van der Waals surface area contributed by atoms with Gasteiger partial charge in [0.2, 0.25) is 0 Å². The Balaban J connectivity index is 1.40. The summed E-state index contributed by atoms with van der Waals surface area (Å²) in [6, 6.07) is 12.8. The molecule has 0 radical (unpaired) electrons. The summed E-state index contributed by atoms with van der Waals surface area (Å²) in [5.41, 5.74) is 3.14. The Morgan fingerprint density at radius 2 is 1.67 bits per heavy atom. The fraction of sp³-hybridized carbons (Fsp3) is 0.174. The van der Waals surface area contributed by atoms with E-state index in [0.717, 1.165) is 16.9 Å². The van der Waals surface area contributed by atoms with Gasteiger partial charge in [-0.3, -0.25) is 9.48 Å². The molecule has 170 valence electrons. The monoisotopic (exact) mass is 503 g/mol. The Labute approximate surface area is 205 Å². The topological polar surface area (TPSA) is 74.0 Å². The van der Waals surface area contributed by atoms with Gasteiger partial charge in [0.25, 0.3) is 5.91 Å². The zero-order valence-electron chi connectivity index (χ0n) is 17.8. The van der Waals surface area contributed by atoms with Crippen LogP contribution in [0.2, 0.25) is 15.1 Å². The number of hydrogen-bond donors (Lipinski definition) is 1. The lowest BCUT2D eigenvalue weighted by atomic mass is 10.1. The number of carbonyl (C=O) groups excluding carboxylic acids is 1. The van der Waals surface area contributed by atoms with Crippen LogP contribution in [0.3, 0.4) is 0 Å². The Bertz CT molecular complexity index is 1270. The van der Waals surface area contributed by atoms with Gasteiger partial charge in [0.15, 0.2) is 18.2 Å². The smallest absolute Gasteiger partial charge is 0.277 e. The van der Waals surface area contributed by atoms with Gasteiger partial charge in [-0.2, -0.15) is 10.2 Å². The molecule has 0 saturated heterocycles. The van der Waals surface area contributed by atoms with E-state index in [1.165, 1.54) is 4.68 Å². The third-order valence-electron chi connectivity index (χ3n) is 4.76. The molecule has 2 heterocycles. The summed E-state index contributed by atoms with van der Waals surface area (Å²) < 4.78 is 8.86. The van der Waals surface area contributed by atoms with E-state index < -0.39 is 5.91 Å². The van der Waals surface area contributed by atoms with Gasteiger partial charge in [-0.15, -0.1) is 0 Å². The van der Waals surface area contributed by atoms with Crippen LogP contribution >= 0.6 is 34.8 Å². The summed E-state index contributed by atoms with van der Waals surface area (Å²) in [6.07, 6.45) is 3.25. The highest BCUT2D eigenvalue weighted by Gasteiger charge is 2.16. The molecular weight excluding hydrogens is 485 g/mol. The van der Waals surface area contributed by atoms with Crippen molar-refractivity contribution in [1.29, 1.82) is 0 Å². The predicted octanol–water partition coefficient (Wildman–Crippen LogP) is 5.99. The number of hydrogen-bond acceptors (Lipinski definition) is 4. The summed E-state index contributed by atoms with van der Waals surface area (Å²) in [7, 11) is 0. The van der Waals surface area contributed by atoms with Crippen molar-refractivity contribution in [3.63, 3.8) is 0 Å². The normalized spacial score (nSPS) is 10.9. The number of nitrogens with zero attached hydrogens (tertiary/aromatic N) is 4. The third kappa shape index (κ3) is 5.68. The number of ether oxygens (including phenoxy) is 1. The van der Waals surface area contributed by atoms with E-state index in [9.17, 15) is 4.79 Å². The van der Waals surface area contributed by atoms with Gasteiger partial charge in [0.05, 0.1) is 6.54 Å². The van der Waals surface area contributed by atoms with Crippen LogP contribution in [0.4, 0.5) is 5.82 Å². The van der Waals surface area contributed by atoms with Gasteiger partial charge in [-0.05, 0) is 55.3 Å². The average molecular weight is 505 g/mol. The highest BCUT2D eigenvalue weighted by molar-refractivity contribution is 6.36. The molecule has 33 heavy (non-hydrogen) atoms. The second-order valence-corrected chi connectivity index (χ2v) is 8.74. The summed E-state index contributed by atoms with van der Waals surface area (Å²) in [4.78, 5) is 12.6. The summed E-state index contributed by atoms with van der Waals surface area (Å²) >= 11 is 18.7. The standard InChI is InChI=1S/C23H20Cl3N5O2/c1-14-8-15(2)10-16(9-14)33-13-30-7-6-21(28-30)23(32)27-22-20(26)12-31(29-22)11-17-18(24)4-3-5-19(17)25/h3-10,12H,11,13H2,1-2H3,(H,27,29,32). The predicted molar refractivity (Wildman–Crippen MR) is 130 cm³/mol. The molecule has 4 rings (SSSR count). The molecule has 0 bridgehead atoms. The van der Waals surface area contributed by atoms with Crippen molar-refractivity contribution in [2.45, 2.75) is 27.1 Å². The maximum atomic E-state index is 12.6. The molecule has 0 aliphatic heterocycles. The summed E-state index contributed by atoms with van der Waals surface area (Å²) in [5, 5.41) is 12.6. The fourth-order valence-electron chi connectivity index (χ4n) is 3.29. The lowest BCUT2D eigenvalue weighted by molar-refractivity contribution is 0.101. The second kappa shape index (κ2) is 9.87. The highest BCUT2D eigenvalue weighted by atomic mass is 35.5. The molecule has 1 amide bonds. The largest absolute Gasteiger partial charge is 0.471 e. The van der Waals surface area contributed by atoms with Crippen LogP contribution in [0.15, 0.2) is 54.9 Å². The molecule has 0 aliphatic carbocycles. The van der Waals surface area contributed by atoms with Crippen molar-refractivity contribution in [3.05, 3.63) is 92.3 Å². The number of amides is 1. The number of aryl methyl sites for hydroxylation is 2. The van der Waals surface area contributed by atoms with E-state index in [0.29, 0.717) is 22.2 Å². The van der Waals surface area contributed by atoms with Gasteiger partial charge in [-0.25, -0.2) is 4.68 Å². The number of halogens is 3. The first-order valence-electron chi connectivity index (χ1n) is 10.0. The fourth-order valence-corrected chi connectivity index (χ4v) is 4.01. The number of nitrogens with one attached hydrogen (secondary N) is 1. The van der Waals surface area contributed by atoms with Crippen molar-refractivity contribution >= 4 is 46.5 Å². The van der Waals surface area contributed by atoms with Crippen molar-refractivity contribution in [2.24, 2.45) is 0 Å². The molecule has 4 aromatic rings. The van der Waals surface area contributed by atoms with Crippen molar-refractivity contribution in [2.75, 3.05) is 5.32 Å². The lowest BCUT2D eigenvalue weighted by Gasteiger charge is -2.08. The van der Waals surface area contributed by atoms with E-state index in [1.54, 1.807) is 41.3 Å². The van der Waals surface area contributed by atoms with Crippen molar-refractivity contribution in [1.82, 2.24) is 19.6 Å². The molecule has 0 fully saturated rings. The van der Waals surface area contributed by atoms with E-state index in [-0.39, 0.29) is 23.3 Å². The molecule has 10 heteroatoms. The first kappa shape index (κ1) is 23.2. The number of aromatic nitrogens is 4. The first-order valence-corrected chi connectivity index (χ1v) is 11.1. The molecule has 0 saturated carbocycles. The molecule has 0 atom stereocenters. The minimum absolute atomic E-state index is 0.171. The van der Waals surface area contributed by atoms with Gasteiger partial charge in [0, 0.05) is 28.0 Å². The second-order valence-electron chi connectivity index (χ2n) is 7.51. The lowest BCUT2D eigenvalue weighted by Crippen LogP contribution is -2.15. The van der Waals surface area contributed by atoms with Crippen molar-refractivity contribution in [3.8, 4) is 5.75 Å². The Morgan fingerprint density at radius 1 is 0.970 bits per heavy atom. The third-order valence-corrected chi connectivity index (χ3v) is 5.75. The maximum Gasteiger partial charge on any atom is 0.277 e. The molecule has 1 N–H and O–H groups in total. The molecule has 0 spiro atoms. The Morgan fingerprint density at radius 3 is 2.36 bits per heavy atom. The molecule has 0 aliphatic rings. The van der Waals surface area contributed by atoms with Crippen LogP contribution in [-0.2, 0) is 13.3 Å². The molecule has 2 aromatic carbocycles. The van der Waals surface area contributed by atoms with Gasteiger partial charge in [-0.1, -0.05) is 46.9 Å². The van der Waals surface area contributed by atoms with Crippen LogP contribution in [0.25, 0.3) is 0 Å². The van der Waals surface area contributed by atoms with E-state index in [4.69, 9.17) is 39.5 Å². The van der Waals surface area contributed by atoms with Gasteiger partial charge >= 0.3 is 0 Å². The SMILES string of the molecule is Cc1cc(C)cc(OCn2ccc(C(=O)Nc3nn(Cc4c(Cl)cccc4Cl)cc3Cl)n2)c1. The average Bonchev–Trinajstić information content (AvgIpc) is 3.35. The Kier molecular flexibility index (Phi) is 6.93. The number of anilines is 1. The van der Waals surface area contributed by atoms with Crippen LogP contribution in [0.5, 0.6) is 5.75 Å².